The zero-order chi connectivity index (χ0) is 19.5. The molecular formula is C19H25N3O3S. The van der Waals surface area contributed by atoms with E-state index in [-0.39, 0.29) is 17.3 Å². The lowest BCUT2D eigenvalue weighted by Crippen LogP contribution is -2.24. The van der Waals surface area contributed by atoms with Crippen molar-refractivity contribution in [2.24, 2.45) is 0 Å². The number of aryl methyl sites for hydroxylation is 3. The maximum atomic E-state index is 12.3. The summed E-state index contributed by atoms with van der Waals surface area (Å²) in [5, 5.41) is 5.90. The van der Waals surface area contributed by atoms with Crippen LogP contribution in [-0.4, -0.2) is 39.3 Å². The molecule has 26 heavy (non-hydrogen) atoms. The fraction of sp³-hybridized carbons (Fsp3) is 0.316. The molecule has 0 aromatic heterocycles. The van der Waals surface area contributed by atoms with Crippen molar-refractivity contribution in [3.05, 3.63) is 53.1 Å². The molecule has 0 aliphatic carbocycles. The maximum absolute atomic E-state index is 12.3. The lowest BCUT2D eigenvalue weighted by atomic mass is 10.1. The number of hydrogen-bond donors (Lipinski definition) is 2. The Hall–Kier alpha value is -2.38. The van der Waals surface area contributed by atoms with Crippen LogP contribution in [-0.2, 0) is 14.8 Å². The van der Waals surface area contributed by atoms with Crippen LogP contribution in [0.3, 0.4) is 0 Å². The Kier molecular flexibility index (Phi) is 6.05. The van der Waals surface area contributed by atoms with Crippen LogP contribution in [0.4, 0.5) is 11.4 Å². The van der Waals surface area contributed by atoms with Gasteiger partial charge in [-0.2, -0.15) is 0 Å². The lowest BCUT2D eigenvalue weighted by molar-refractivity contribution is -0.114. The van der Waals surface area contributed by atoms with Crippen LogP contribution >= 0.6 is 0 Å². The van der Waals surface area contributed by atoms with E-state index in [1.165, 1.54) is 14.1 Å². The van der Waals surface area contributed by atoms with E-state index in [9.17, 15) is 13.2 Å². The second kappa shape index (κ2) is 7.88. The summed E-state index contributed by atoms with van der Waals surface area (Å²) in [6, 6.07) is 10.7. The Bertz CT molecular complexity index is 922. The third-order valence-electron chi connectivity index (χ3n) is 4.09. The van der Waals surface area contributed by atoms with E-state index >= 15 is 0 Å². The van der Waals surface area contributed by atoms with Crippen molar-refractivity contribution < 1.29 is 13.2 Å². The molecule has 2 aromatic carbocycles. The quantitative estimate of drug-likeness (QED) is 0.814. The van der Waals surface area contributed by atoms with Crippen LogP contribution < -0.4 is 10.6 Å². The van der Waals surface area contributed by atoms with Gasteiger partial charge in [0.1, 0.15) is 0 Å². The van der Waals surface area contributed by atoms with E-state index < -0.39 is 10.0 Å². The molecule has 0 saturated carbocycles. The van der Waals surface area contributed by atoms with Crippen molar-refractivity contribution in [2.75, 3.05) is 31.3 Å². The second-order valence-corrected chi connectivity index (χ2v) is 8.64. The largest absolute Gasteiger partial charge is 0.376 e. The summed E-state index contributed by atoms with van der Waals surface area (Å²) in [7, 11) is -0.549. The Morgan fingerprint density at radius 1 is 0.962 bits per heavy atom. The molecule has 7 heteroatoms. The van der Waals surface area contributed by atoms with Crippen LogP contribution in [0.1, 0.15) is 16.7 Å². The first-order valence-corrected chi connectivity index (χ1v) is 9.69. The Morgan fingerprint density at radius 2 is 1.58 bits per heavy atom. The van der Waals surface area contributed by atoms with Gasteiger partial charge in [0.05, 0.1) is 11.4 Å². The number of anilines is 2. The van der Waals surface area contributed by atoms with Crippen molar-refractivity contribution in [3.63, 3.8) is 0 Å². The van der Waals surface area contributed by atoms with Crippen LogP contribution in [0.25, 0.3) is 0 Å². The zero-order valence-corrected chi connectivity index (χ0v) is 16.6. The Balaban J connectivity index is 2.11. The third-order valence-corrected chi connectivity index (χ3v) is 5.91. The van der Waals surface area contributed by atoms with Crippen molar-refractivity contribution in [1.82, 2.24) is 4.31 Å². The van der Waals surface area contributed by atoms with Crippen LogP contribution in [0.2, 0.25) is 0 Å². The predicted octanol–water partition coefficient (Wildman–Crippen LogP) is 2.91. The van der Waals surface area contributed by atoms with E-state index in [0.29, 0.717) is 5.69 Å². The predicted molar refractivity (Wildman–Crippen MR) is 105 cm³/mol. The molecule has 0 radical (unpaired) electrons. The molecule has 0 bridgehead atoms. The minimum absolute atomic E-state index is 0.0414. The number of carbonyl (C=O) groups excluding carboxylic acids is 1. The molecular weight excluding hydrogens is 350 g/mol. The number of hydrogen-bond acceptors (Lipinski definition) is 4. The first-order chi connectivity index (χ1) is 12.1. The molecule has 0 atom stereocenters. The smallest absolute Gasteiger partial charge is 0.243 e. The van der Waals surface area contributed by atoms with E-state index in [1.807, 2.05) is 39.0 Å². The van der Waals surface area contributed by atoms with Gasteiger partial charge in [-0.3, -0.25) is 4.79 Å². The molecule has 2 N–H and O–H groups in total. The van der Waals surface area contributed by atoms with Gasteiger partial charge in [-0.1, -0.05) is 18.2 Å². The van der Waals surface area contributed by atoms with Gasteiger partial charge in [0.2, 0.25) is 15.9 Å². The molecule has 140 valence electrons. The lowest BCUT2D eigenvalue weighted by Gasteiger charge is -2.15. The highest BCUT2D eigenvalue weighted by Gasteiger charge is 2.18. The van der Waals surface area contributed by atoms with E-state index in [0.717, 1.165) is 26.7 Å². The summed E-state index contributed by atoms with van der Waals surface area (Å²) in [4.78, 5) is 12.4. The van der Waals surface area contributed by atoms with Gasteiger partial charge in [-0.15, -0.1) is 0 Å². The molecule has 0 unspecified atom stereocenters. The highest BCUT2D eigenvalue weighted by molar-refractivity contribution is 7.89. The SMILES string of the molecule is Cc1ccc(C)c(NC(=O)CNc2cc(S(=O)(=O)N(C)C)ccc2C)c1. The molecule has 0 spiro atoms. The molecule has 6 nitrogen and oxygen atoms in total. The monoisotopic (exact) mass is 375 g/mol. The molecule has 0 heterocycles. The molecule has 1 amide bonds. The minimum Gasteiger partial charge on any atom is -0.376 e. The van der Waals surface area contributed by atoms with Gasteiger partial charge >= 0.3 is 0 Å². The van der Waals surface area contributed by atoms with E-state index in [2.05, 4.69) is 10.6 Å². The molecule has 0 aliphatic rings. The number of nitrogens with zero attached hydrogens (tertiary/aromatic N) is 1. The van der Waals surface area contributed by atoms with Gasteiger partial charge in [0.25, 0.3) is 0 Å². The molecule has 0 saturated heterocycles. The van der Waals surface area contributed by atoms with E-state index in [4.69, 9.17) is 0 Å². The van der Waals surface area contributed by atoms with Gasteiger partial charge in [-0.05, 0) is 55.7 Å². The van der Waals surface area contributed by atoms with Gasteiger partial charge in [-0.25, -0.2) is 12.7 Å². The summed E-state index contributed by atoms with van der Waals surface area (Å²) in [6.07, 6.45) is 0. The van der Waals surface area contributed by atoms with Crippen molar-refractivity contribution >= 4 is 27.3 Å². The average Bonchev–Trinajstić information content (AvgIpc) is 2.57. The number of rotatable bonds is 6. The first-order valence-electron chi connectivity index (χ1n) is 8.25. The average molecular weight is 375 g/mol. The number of amides is 1. The number of carbonyl (C=O) groups is 1. The summed E-state index contributed by atoms with van der Waals surface area (Å²) >= 11 is 0. The number of benzene rings is 2. The standard InChI is InChI=1S/C19H25N3O3S/c1-13-6-7-15(3)18(10-13)21-19(23)12-20-17-11-16(9-8-14(17)2)26(24,25)22(4)5/h6-11,20H,12H2,1-5H3,(H,21,23). The Morgan fingerprint density at radius 3 is 2.23 bits per heavy atom. The number of nitrogens with one attached hydrogen (secondary N) is 2. The van der Waals surface area contributed by atoms with E-state index in [1.54, 1.807) is 18.2 Å². The fourth-order valence-corrected chi connectivity index (χ4v) is 3.33. The summed E-state index contributed by atoms with van der Waals surface area (Å²) in [5.74, 6) is -0.195. The topological polar surface area (TPSA) is 78.5 Å². The maximum Gasteiger partial charge on any atom is 0.243 e. The first kappa shape index (κ1) is 19.9. The Labute approximate surface area is 155 Å². The molecule has 2 aromatic rings. The van der Waals surface area contributed by atoms with Crippen LogP contribution in [0.5, 0.6) is 0 Å². The third kappa shape index (κ3) is 4.62. The minimum atomic E-state index is -3.52. The summed E-state index contributed by atoms with van der Waals surface area (Å²) in [5.41, 5.74) is 4.30. The number of sulfonamides is 1. The summed E-state index contributed by atoms with van der Waals surface area (Å²) < 4.78 is 25.7. The van der Waals surface area contributed by atoms with Crippen molar-refractivity contribution in [3.8, 4) is 0 Å². The molecule has 0 aliphatic heterocycles. The molecule has 0 fully saturated rings. The molecule has 2 rings (SSSR count). The van der Waals surface area contributed by atoms with Crippen LogP contribution in [0, 0.1) is 20.8 Å². The summed E-state index contributed by atoms with van der Waals surface area (Å²) in [6.45, 7) is 5.80. The zero-order valence-electron chi connectivity index (χ0n) is 15.8. The van der Waals surface area contributed by atoms with Crippen molar-refractivity contribution in [2.45, 2.75) is 25.7 Å². The highest BCUT2D eigenvalue weighted by Crippen LogP contribution is 2.22. The van der Waals surface area contributed by atoms with Gasteiger partial charge in [0.15, 0.2) is 0 Å². The highest BCUT2D eigenvalue weighted by atomic mass is 32.2. The van der Waals surface area contributed by atoms with Crippen molar-refractivity contribution in [1.29, 1.82) is 0 Å². The normalized spacial score (nSPS) is 11.5. The van der Waals surface area contributed by atoms with Gasteiger partial charge < -0.3 is 10.6 Å². The second-order valence-electron chi connectivity index (χ2n) is 6.48. The van der Waals surface area contributed by atoms with Gasteiger partial charge in [0, 0.05) is 25.5 Å². The van der Waals surface area contributed by atoms with Crippen LogP contribution in [0.15, 0.2) is 41.3 Å². The fourth-order valence-electron chi connectivity index (χ4n) is 2.40.